The normalized spacial score (nSPS) is 10.7. The molecule has 2 aromatic heterocycles. The molecule has 0 aliphatic heterocycles. The average molecular weight is 299 g/mol. The summed E-state index contributed by atoms with van der Waals surface area (Å²) in [5, 5.41) is 12.8. The highest BCUT2D eigenvalue weighted by molar-refractivity contribution is 5.63. The van der Waals surface area contributed by atoms with E-state index in [2.05, 4.69) is 15.3 Å². The van der Waals surface area contributed by atoms with Crippen molar-refractivity contribution in [3.63, 3.8) is 0 Å². The van der Waals surface area contributed by atoms with Crippen LogP contribution in [0.25, 0.3) is 17.2 Å². The van der Waals surface area contributed by atoms with E-state index < -0.39 is 0 Å². The molecule has 0 bridgehead atoms. The van der Waals surface area contributed by atoms with Gasteiger partial charge in [0.1, 0.15) is 28.7 Å². The van der Waals surface area contributed by atoms with Crippen molar-refractivity contribution in [1.82, 2.24) is 24.5 Å². The fourth-order valence-electron chi connectivity index (χ4n) is 2.38. The zero-order valence-electron chi connectivity index (χ0n) is 12.9. The van der Waals surface area contributed by atoms with Gasteiger partial charge in [0.15, 0.2) is 5.82 Å². The smallest absolute Gasteiger partial charge is 0.189 e. The number of hydrogen-bond donors (Lipinski definition) is 0. The molecule has 0 aliphatic carbocycles. The second-order valence-electron chi connectivity index (χ2n) is 4.79. The van der Waals surface area contributed by atoms with Gasteiger partial charge < -0.3 is 9.47 Å². The third kappa shape index (κ3) is 2.20. The molecule has 0 N–H and O–H groups in total. The van der Waals surface area contributed by atoms with E-state index in [0.29, 0.717) is 17.3 Å². The van der Waals surface area contributed by atoms with Gasteiger partial charge in [0.2, 0.25) is 0 Å². The number of rotatable bonds is 4. The molecule has 2 heterocycles. The maximum Gasteiger partial charge on any atom is 0.189 e. The van der Waals surface area contributed by atoms with Crippen molar-refractivity contribution in [2.45, 2.75) is 6.92 Å². The molecule has 0 radical (unpaired) electrons. The first-order chi connectivity index (χ1) is 10.7. The van der Waals surface area contributed by atoms with Crippen LogP contribution in [0.3, 0.4) is 0 Å². The molecule has 0 saturated carbocycles. The zero-order valence-corrected chi connectivity index (χ0v) is 12.9. The Labute approximate surface area is 128 Å². The molecule has 114 valence electrons. The molecule has 1 aromatic carbocycles. The molecule has 3 aromatic rings. The lowest BCUT2D eigenvalue weighted by molar-refractivity contribution is 0.391. The lowest BCUT2D eigenvalue weighted by Crippen LogP contribution is -2.05. The Morgan fingerprint density at radius 1 is 1.00 bits per heavy atom. The zero-order chi connectivity index (χ0) is 15.7. The second-order valence-corrected chi connectivity index (χ2v) is 4.79. The Balaban J connectivity index is 2.28. The van der Waals surface area contributed by atoms with Crippen molar-refractivity contribution in [3.8, 4) is 28.7 Å². The van der Waals surface area contributed by atoms with Gasteiger partial charge in [0, 0.05) is 13.2 Å². The molecule has 0 unspecified atom stereocenters. The number of ether oxygens (including phenoxy) is 2. The molecule has 0 fully saturated rings. The summed E-state index contributed by atoms with van der Waals surface area (Å²) in [5.41, 5.74) is 1.49. The maximum atomic E-state index is 5.48. The van der Waals surface area contributed by atoms with Crippen molar-refractivity contribution in [1.29, 1.82) is 0 Å². The van der Waals surface area contributed by atoms with Crippen molar-refractivity contribution in [2.24, 2.45) is 7.05 Å². The molecule has 0 amide bonds. The monoisotopic (exact) mass is 299 g/mol. The largest absolute Gasteiger partial charge is 0.494 e. The molecule has 0 saturated heterocycles. The van der Waals surface area contributed by atoms with Crippen LogP contribution in [0.15, 0.2) is 30.5 Å². The highest BCUT2D eigenvalue weighted by Gasteiger charge is 2.21. The van der Waals surface area contributed by atoms with E-state index in [1.807, 2.05) is 49.0 Å². The minimum Gasteiger partial charge on any atom is -0.494 e. The van der Waals surface area contributed by atoms with E-state index in [4.69, 9.17) is 9.47 Å². The number of hydrogen-bond acceptors (Lipinski definition) is 5. The highest BCUT2D eigenvalue weighted by atomic mass is 16.5. The van der Waals surface area contributed by atoms with Gasteiger partial charge in [-0.15, -0.1) is 10.2 Å². The quantitative estimate of drug-likeness (QED) is 0.737. The van der Waals surface area contributed by atoms with Crippen molar-refractivity contribution in [3.05, 3.63) is 36.3 Å². The van der Waals surface area contributed by atoms with Gasteiger partial charge in [-0.25, -0.2) is 0 Å². The van der Waals surface area contributed by atoms with E-state index in [1.165, 1.54) is 0 Å². The van der Waals surface area contributed by atoms with Crippen LogP contribution in [-0.4, -0.2) is 38.8 Å². The van der Waals surface area contributed by atoms with Crippen LogP contribution in [0.4, 0.5) is 0 Å². The third-order valence-electron chi connectivity index (χ3n) is 3.39. The molecule has 3 rings (SSSR count). The maximum absolute atomic E-state index is 5.48. The van der Waals surface area contributed by atoms with Crippen LogP contribution in [-0.2, 0) is 7.05 Å². The molecule has 0 aliphatic rings. The second kappa shape index (κ2) is 5.51. The van der Waals surface area contributed by atoms with Gasteiger partial charge >= 0.3 is 0 Å². The van der Waals surface area contributed by atoms with E-state index >= 15 is 0 Å². The van der Waals surface area contributed by atoms with Crippen LogP contribution in [0.2, 0.25) is 0 Å². The summed E-state index contributed by atoms with van der Waals surface area (Å²) >= 11 is 0. The number of aryl methyl sites for hydroxylation is 2. The van der Waals surface area contributed by atoms with Gasteiger partial charge in [-0.2, -0.15) is 5.10 Å². The van der Waals surface area contributed by atoms with Crippen LogP contribution >= 0.6 is 0 Å². The highest BCUT2D eigenvalue weighted by Crippen LogP contribution is 2.35. The van der Waals surface area contributed by atoms with Crippen molar-refractivity contribution in [2.75, 3.05) is 14.2 Å². The lowest BCUT2D eigenvalue weighted by atomic mass is 10.2. The Morgan fingerprint density at radius 3 is 2.23 bits per heavy atom. The SMILES string of the molecule is COc1cccc(OC)c1-n1c(C)nnc1-c1ccn(C)n1. The summed E-state index contributed by atoms with van der Waals surface area (Å²) in [6.07, 6.45) is 1.86. The van der Waals surface area contributed by atoms with Crippen LogP contribution in [0.5, 0.6) is 11.5 Å². The number of aromatic nitrogens is 5. The van der Waals surface area contributed by atoms with Gasteiger partial charge in [0.25, 0.3) is 0 Å². The van der Waals surface area contributed by atoms with E-state index in [1.54, 1.807) is 18.9 Å². The molecule has 7 heteroatoms. The average Bonchev–Trinajstić information content (AvgIpc) is 3.12. The summed E-state index contributed by atoms with van der Waals surface area (Å²) in [7, 11) is 5.11. The summed E-state index contributed by atoms with van der Waals surface area (Å²) in [4.78, 5) is 0. The minimum atomic E-state index is 0.640. The fraction of sp³-hybridized carbons (Fsp3) is 0.267. The fourth-order valence-corrected chi connectivity index (χ4v) is 2.38. The molecule has 0 atom stereocenters. The Kier molecular flexibility index (Phi) is 3.54. The Bertz CT molecular complexity index is 784. The molecular formula is C15H17N5O2. The van der Waals surface area contributed by atoms with Crippen LogP contribution in [0.1, 0.15) is 5.82 Å². The predicted octanol–water partition coefficient (Wildman–Crippen LogP) is 1.99. The summed E-state index contributed by atoms with van der Waals surface area (Å²) < 4.78 is 14.6. The van der Waals surface area contributed by atoms with Crippen LogP contribution < -0.4 is 9.47 Å². The van der Waals surface area contributed by atoms with Gasteiger partial charge in [-0.05, 0) is 25.1 Å². The molecule has 0 spiro atoms. The minimum absolute atomic E-state index is 0.640. The van der Waals surface area contributed by atoms with Crippen molar-refractivity contribution >= 4 is 0 Å². The number of nitrogens with zero attached hydrogens (tertiary/aromatic N) is 5. The van der Waals surface area contributed by atoms with Gasteiger partial charge in [0.05, 0.1) is 14.2 Å². The number of para-hydroxylation sites is 1. The first kappa shape index (κ1) is 14.1. The van der Waals surface area contributed by atoms with E-state index in [-0.39, 0.29) is 0 Å². The standard InChI is InChI=1S/C15H17N5O2/c1-10-16-17-15(11-8-9-19(2)18-11)20(10)14-12(21-3)6-5-7-13(14)22-4/h5-9H,1-4H3. The predicted molar refractivity (Wildman–Crippen MR) is 81.4 cm³/mol. The Hall–Kier alpha value is -2.83. The Morgan fingerprint density at radius 2 is 1.68 bits per heavy atom. The first-order valence-electron chi connectivity index (χ1n) is 6.79. The molecule has 7 nitrogen and oxygen atoms in total. The lowest BCUT2D eigenvalue weighted by Gasteiger charge is -2.15. The molecule has 22 heavy (non-hydrogen) atoms. The summed E-state index contributed by atoms with van der Waals surface area (Å²) in [6, 6.07) is 7.52. The van der Waals surface area contributed by atoms with Gasteiger partial charge in [-0.3, -0.25) is 9.25 Å². The van der Waals surface area contributed by atoms with Gasteiger partial charge in [-0.1, -0.05) is 6.07 Å². The third-order valence-corrected chi connectivity index (χ3v) is 3.39. The molecular weight excluding hydrogens is 282 g/mol. The first-order valence-corrected chi connectivity index (χ1v) is 6.79. The number of methoxy groups -OCH3 is 2. The van der Waals surface area contributed by atoms with E-state index in [9.17, 15) is 0 Å². The topological polar surface area (TPSA) is 67.0 Å². The summed E-state index contributed by atoms with van der Waals surface area (Å²) in [6.45, 7) is 1.88. The number of benzene rings is 1. The van der Waals surface area contributed by atoms with Crippen LogP contribution in [0, 0.1) is 6.92 Å². The van der Waals surface area contributed by atoms with Crippen molar-refractivity contribution < 1.29 is 9.47 Å². The van der Waals surface area contributed by atoms with E-state index in [0.717, 1.165) is 17.2 Å². The summed E-state index contributed by atoms with van der Waals surface area (Å²) in [5.74, 6) is 2.73.